The second kappa shape index (κ2) is 9.74. The van der Waals surface area contributed by atoms with Crippen molar-refractivity contribution in [2.24, 2.45) is 22.7 Å². The molecule has 2 aromatic rings. The van der Waals surface area contributed by atoms with Gasteiger partial charge in [-0.25, -0.2) is 0 Å². The summed E-state index contributed by atoms with van der Waals surface area (Å²) in [5.41, 5.74) is 6.91. The van der Waals surface area contributed by atoms with Gasteiger partial charge in [0.15, 0.2) is 0 Å². The molecule has 240 valence electrons. The molecule has 4 heteroatoms. The first-order valence-corrected chi connectivity index (χ1v) is 17.6. The fourth-order valence-electron chi connectivity index (χ4n) is 11.7. The number of aromatic hydroxyl groups is 2. The smallest absolute Gasteiger partial charge is 0.119 e. The molecule has 3 fully saturated rings. The monoisotopic (exact) mass is 600 g/mol. The number of fused-ring (bicyclic) bond motifs is 12. The van der Waals surface area contributed by atoms with E-state index in [0.29, 0.717) is 11.5 Å². The molecule has 2 saturated carbocycles. The Morgan fingerprint density at radius 2 is 0.955 bits per heavy atom. The number of hydrogen-bond acceptors (Lipinski definition) is 4. The molecule has 1 saturated heterocycles. The van der Waals surface area contributed by atoms with Gasteiger partial charge in [-0.15, -0.1) is 0 Å². The van der Waals surface area contributed by atoms with Gasteiger partial charge in [0.25, 0.3) is 0 Å². The number of benzene rings is 2. The first kappa shape index (κ1) is 30.6. The maximum Gasteiger partial charge on any atom is 0.119 e. The topological polar surface area (TPSA) is 58.9 Å². The Kier molecular flexibility index (Phi) is 6.77. The van der Waals surface area contributed by atoms with E-state index in [2.05, 4.69) is 93.5 Å². The molecule has 5 aliphatic rings. The normalized spacial score (nSPS) is 38.2. The summed E-state index contributed by atoms with van der Waals surface area (Å²) in [6.45, 7) is 23.3. The quantitative estimate of drug-likeness (QED) is 0.360. The third-order valence-corrected chi connectivity index (χ3v) is 13.4. The third kappa shape index (κ3) is 4.08. The first-order chi connectivity index (χ1) is 20.5. The number of hydrogen-bond donors (Lipinski definition) is 2. The molecule has 2 aromatic carbocycles. The van der Waals surface area contributed by atoms with Crippen molar-refractivity contribution in [2.45, 2.75) is 155 Å². The minimum atomic E-state index is -0.176. The van der Waals surface area contributed by atoms with Gasteiger partial charge in [0.05, 0.1) is 12.2 Å². The van der Waals surface area contributed by atoms with Crippen molar-refractivity contribution < 1.29 is 19.7 Å². The van der Waals surface area contributed by atoms with Crippen molar-refractivity contribution in [3.05, 3.63) is 57.6 Å². The molecular weight excluding hydrogens is 544 g/mol. The van der Waals surface area contributed by atoms with Gasteiger partial charge in [0.1, 0.15) is 23.7 Å². The van der Waals surface area contributed by atoms with E-state index in [1.54, 1.807) is 0 Å². The van der Waals surface area contributed by atoms with Crippen LogP contribution >= 0.6 is 0 Å². The molecule has 0 unspecified atom stereocenters. The van der Waals surface area contributed by atoms with E-state index >= 15 is 0 Å². The summed E-state index contributed by atoms with van der Waals surface area (Å²) in [5, 5.41) is 22.6. The molecule has 2 N–H and O–H groups in total. The van der Waals surface area contributed by atoms with Gasteiger partial charge in [-0.2, -0.15) is 0 Å². The SMILES string of the molecule is CC(C)c1cc2c(cc1O)[C@@]1(C)CCCC(C)(C)[C@@H]1[C@H]1O[C@H]3c4cc(C(C)C)c(O)cc4[C@@]4(C)CCCC(C)(C)[C@@H]4[C@H]3O[C@@H]21. The molecule has 4 aliphatic carbocycles. The molecule has 44 heavy (non-hydrogen) atoms. The summed E-state index contributed by atoms with van der Waals surface area (Å²) in [6, 6.07) is 8.76. The Balaban J connectivity index is 1.47. The maximum atomic E-state index is 11.3. The highest BCUT2D eigenvalue weighted by atomic mass is 16.6. The molecule has 0 radical (unpaired) electrons. The molecule has 0 aromatic heterocycles. The number of phenols is 2. The minimum absolute atomic E-state index is 0.0598. The van der Waals surface area contributed by atoms with Crippen LogP contribution in [0.5, 0.6) is 11.5 Å². The van der Waals surface area contributed by atoms with Gasteiger partial charge in [0, 0.05) is 11.8 Å². The molecule has 1 aliphatic heterocycles. The van der Waals surface area contributed by atoms with Crippen molar-refractivity contribution >= 4 is 0 Å². The van der Waals surface area contributed by atoms with Crippen LogP contribution < -0.4 is 0 Å². The van der Waals surface area contributed by atoms with E-state index in [1.807, 2.05) is 0 Å². The van der Waals surface area contributed by atoms with Gasteiger partial charge in [-0.05, 0) is 117 Å². The van der Waals surface area contributed by atoms with Crippen LogP contribution in [0.3, 0.4) is 0 Å². The molecule has 0 amide bonds. The van der Waals surface area contributed by atoms with E-state index in [4.69, 9.17) is 9.47 Å². The maximum absolute atomic E-state index is 11.3. The van der Waals surface area contributed by atoms with Crippen LogP contribution in [0.25, 0.3) is 0 Å². The molecule has 7 rings (SSSR count). The second-order valence-electron chi connectivity index (χ2n) is 17.8. The van der Waals surface area contributed by atoms with Crippen LogP contribution in [0.1, 0.15) is 165 Å². The zero-order chi connectivity index (χ0) is 31.7. The molecule has 4 nitrogen and oxygen atoms in total. The van der Waals surface area contributed by atoms with Crippen molar-refractivity contribution in [2.75, 3.05) is 0 Å². The second-order valence-corrected chi connectivity index (χ2v) is 17.8. The Labute approximate surface area is 265 Å². The van der Waals surface area contributed by atoms with Crippen molar-refractivity contribution in [1.82, 2.24) is 0 Å². The fraction of sp³-hybridized carbons (Fsp3) is 0.700. The largest absolute Gasteiger partial charge is 0.508 e. The average molecular weight is 601 g/mol. The Morgan fingerprint density at radius 3 is 1.30 bits per heavy atom. The van der Waals surface area contributed by atoms with Crippen LogP contribution in [0.4, 0.5) is 0 Å². The first-order valence-electron chi connectivity index (χ1n) is 17.6. The van der Waals surface area contributed by atoms with Crippen molar-refractivity contribution in [3.63, 3.8) is 0 Å². The minimum Gasteiger partial charge on any atom is -0.508 e. The molecule has 8 atom stereocenters. The number of rotatable bonds is 2. The Morgan fingerprint density at radius 1 is 0.591 bits per heavy atom. The van der Waals surface area contributed by atoms with Crippen molar-refractivity contribution in [3.8, 4) is 11.5 Å². The lowest BCUT2D eigenvalue weighted by Gasteiger charge is -2.65. The highest BCUT2D eigenvalue weighted by Gasteiger charge is 2.65. The predicted octanol–water partition coefficient (Wildman–Crippen LogP) is 10.1. The molecular formula is C40H56O4. The van der Waals surface area contributed by atoms with E-state index in [9.17, 15) is 10.2 Å². The van der Waals surface area contributed by atoms with E-state index < -0.39 is 0 Å². The van der Waals surface area contributed by atoms with Gasteiger partial charge in [0.2, 0.25) is 0 Å². The van der Waals surface area contributed by atoms with Crippen LogP contribution in [-0.4, -0.2) is 22.4 Å². The summed E-state index contributed by atoms with van der Waals surface area (Å²) in [6.07, 6.45) is 6.31. The standard InChI is InChI=1S/C40H56O4/c1-21(2)23-17-25-27(19-29(23)41)39(9)15-11-13-37(5,6)35(39)33-31(25)43-34-32(44-33)26-18-24(22(3)4)30(42)20-28(26)40(10)16-12-14-38(7,8)36(34)40/h17-22,31-36,41-42H,11-16H2,1-10H3/t31-,32-,33-,34-,35-,36-,39+,40+/m0/s1. The average Bonchev–Trinajstić information content (AvgIpc) is 2.91. The van der Waals surface area contributed by atoms with Crippen LogP contribution in [0.15, 0.2) is 24.3 Å². The Bertz CT molecular complexity index is 1370. The highest BCUT2D eigenvalue weighted by Crippen LogP contribution is 2.68. The van der Waals surface area contributed by atoms with Gasteiger partial charge >= 0.3 is 0 Å². The lowest BCUT2D eigenvalue weighted by Crippen LogP contribution is -2.64. The van der Waals surface area contributed by atoms with Gasteiger partial charge in [-0.3, -0.25) is 0 Å². The zero-order valence-corrected chi connectivity index (χ0v) is 28.9. The predicted molar refractivity (Wildman–Crippen MR) is 177 cm³/mol. The zero-order valence-electron chi connectivity index (χ0n) is 28.9. The molecule has 0 spiro atoms. The summed E-state index contributed by atoms with van der Waals surface area (Å²) in [4.78, 5) is 0. The van der Waals surface area contributed by atoms with Crippen LogP contribution in [-0.2, 0) is 20.3 Å². The Hall–Kier alpha value is -2.04. The lowest BCUT2D eigenvalue weighted by atomic mass is 9.47. The molecule has 1 heterocycles. The van der Waals surface area contributed by atoms with Gasteiger partial charge < -0.3 is 19.7 Å². The van der Waals surface area contributed by atoms with Crippen molar-refractivity contribution in [1.29, 1.82) is 0 Å². The summed E-state index contributed by atoms with van der Waals surface area (Å²) in [5.74, 6) is 1.78. The third-order valence-electron chi connectivity index (χ3n) is 13.4. The highest BCUT2D eigenvalue weighted by molar-refractivity contribution is 5.53. The molecule has 0 bridgehead atoms. The van der Waals surface area contributed by atoms with E-state index in [-0.39, 0.29) is 69.7 Å². The number of ether oxygens (including phenoxy) is 2. The van der Waals surface area contributed by atoms with Gasteiger partial charge in [-0.1, -0.05) is 82.1 Å². The van der Waals surface area contributed by atoms with Crippen LogP contribution in [0.2, 0.25) is 0 Å². The summed E-state index contributed by atoms with van der Waals surface area (Å²) < 4.78 is 15.3. The number of phenolic OH excluding ortho intramolecular Hbond substituents is 2. The van der Waals surface area contributed by atoms with E-state index in [1.165, 1.54) is 35.1 Å². The summed E-state index contributed by atoms with van der Waals surface area (Å²) in [7, 11) is 0. The summed E-state index contributed by atoms with van der Waals surface area (Å²) >= 11 is 0. The fourth-order valence-corrected chi connectivity index (χ4v) is 11.7. The lowest BCUT2D eigenvalue weighted by molar-refractivity contribution is -0.296. The van der Waals surface area contributed by atoms with Crippen LogP contribution in [0, 0.1) is 22.7 Å². The van der Waals surface area contributed by atoms with E-state index in [0.717, 1.165) is 36.8 Å².